The summed E-state index contributed by atoms with van der Waals surface area (Å²) in [6.07, 6.45) is 0.945. The van der Waals surface area contributed by atoms with Crippen molar-refractivity contribution in [3.8, 4) is 6.07 Å². The number of thiazole rings is 1. The average molecular weight is 345 g/mol. The van der Waals surface area contributed by atoms with E-state index in [1.807, 2.05) is 30.0 Å². The summed E-state index contributed by atoms with van der Waals surface area (Å²) in [5.74, 6) is 0.555. The number of hydrogen-bond acceptors (Lipinski definition) is 4. The van der Waals surface area contributed by atoms with Crippen molar-refractivity contribution < 1.29 is 0 Å². The first-order chi connectivity index (χ1) is 10.9. The molecule has 0 amide bonds. The van der Waals surface area contributed by atoms with Crippen LogP contribution in [0.5, 0.6) is 0 Å². The Morgan fingerprint density at radius 1 is 1.48 bits per heavy atom. The van der Waals surface area contributed by atoms with Crippen LogP contribution in [0, 0.1) is 24.2 Å². The molecule has 0 unspecified atom stereocenters. The third kappa shape index (κ3) is 4.50. The van der Waals surface area contributed by atoms with E-state index < -0.39 is 0 Å². The molecule has 1 heterocycles. The molecule has 0 saturated heterocycles. The highest BCUT2D eigenvalue weighted by molar-refractivity contribution is 7.80. The molecular weight excluding hydrogens is 324 g/mol. The van der Waals surface area contributed by atoms with Crippen molar-refractivity contribution in [3.05, 3.63) is 46.1 Å². The number of anilines is 1. The first-order valence-corrected chi connectivity index (χ1v) is 8.65. The van der Waals surface area contributed by atoms with Gasteiger partial charge in [-0.05, 0) is 42.8 Å². The van der Waals surface area contributed by atoms with Crippen LogP contribution in [0.15, 0.2) is 24.3 Å². The quantitative estimate of drug-likeness (QED) is 0.836. The van der Waals surface area contributed by atoms with E-state index >= 15 is 0 Å². The van der Waals surface area contributed by atoms with Gasteiger partial charge >= 0.3 is 0 Å². The van der Waals surface area contributed by atoms with Crippen LogP contribution in [0.3, 0.4) is 0 Å². The van der Waals surface area contributed by atoms with Crippen molar-refractivity contribution in [3.63, 3.8) is 0 Å². The maximum absolute atomic E-state index is 9.03. The Morgan fingerprint density at radius 3 is 2.83 bits per heavy atom. The summed E-state index contributed by atoms with van der Waals surface area (Å²) in [4.78, 5) is 6.53. The molecule has 23 heavy (non-hydrogen) atoms. The summed E-state index contributed by atoms with van der Waals surface area (Å²) in [5.41, 5.74) is 8.50. The normalized spacial score (nSPS) is 10.6. The SMILES string of the molecule is Cc1nc(CC(C)C)sc1N(Cc1cccc(C#N)c1)C(N)=S. The fraction of sp³-hybridized carbons (Fsp3) is 0.353. The largest absolute Gasteiger partial charge is 0.376 e. The Kier molecular flexibility index (Phi) is 5.69. The van der Waals surface area contributed by atoms with E-state index in [0.29, 0.717) is 23.1 Å². The molecule has 0 aliphatic carbocycles. The minimum Gasteiger partial charge on any atom is -0.376 e. The van der Waals surface area contributed by atoms with Gasteiger partial charge in [-0.2, -0.15) is 5.26 Å². The summed E-state index contributed by atoms with van der Waals surface area (Å²) < 4.78 is 0. The molecule has 1 aromatic carbocycles. The van der Waals surface area contributed by atoms with E-state index in [4.69, 9.17) is 23.2 Å². The number of aromatic nitrogens is 1. The Bertz CT molecular complexity index is 743. The van der Waals surface area contributed by atoms with Crippen molar-refractivity contribution in [2.45, 2.75) is 33.7 Å². The van der Waals surface area contributed by atoms with Crippen LogP contribution in [0.2, 0.25) is 0 Å². The predicted molar refractivity (Wildman–Crippen MR) is 99.5 cm³/mol. The van der Waals surface area contributed by atoms with Gasteiger partial charge in [0.1, 0.15) is 5.00 Å². The highest BCUT2D eigenvalue weighted by atomic mass is 32.1. The number of benzene rings is 1. The molecule has 0 radical (unpaired) electrons. The molecule has 2 aromatic rings. The van der Waals surface area contributed by atoms with E-state index in [0.717, 1.165) is 27.7 Å². The molecule has 0 fully saturated rings. The van der Waals surface area contributed by atoms with Crippen LogP contribution in [-0.4, -0.2) is 10.1 Å². The van der Waals surface area contributed by atoms with Gasteiger partial charge in [-0.25, -0.2) is 4.98 Å². The summed E-state index contributed by atoms with van der Waals surface area (Å²) in [7, 11) is 0. The zero-order valence-corrected chi connectivity index (χ0v) is 15.2. The second kappa shape index (κ2) is 7.53. The molecule has 0 spiro atoms. The third-order valence-corrected chi connectivity index (χ3v) is 4.73. The Balaban J connectivity index is 2.30. The highest BCUT2D eigenvalue weighted by Gasteiger charge is 2.18. The van der Waals surface area contributed by atoms with Gasteiger partial charge in [0.15, 0.2) is 5.11 Å². The van der Waals surface area contributed by atoms with Crippen molar-refractivity contribution in [2.75, 3.05) is 4.90 Å². The lowest BCUT2D eigenvalue weighted by Gasteiger charge is -2.21. The van der Waals surface area contributed by atoms with Crippen LogP contribution in [0.1, 0.15) is 35.7 Å². The van der Waals surface area contributed by atoms with Gasteiger partial charge in [-0.3, -0.25) is 0 Å². The van der Waals surface area contributed by atoms with Crippen LogP contribution in [-0.2, 0) is 13.0 Å². The van der Waals surface area contributed by atoms with Crippen LogP contribution in [0.4, 0.5) is 5.00 Å². The molecule has 2 rings (SSSR count). The second-order valence-electron chi connectivity index (χ2n) is 5.83. The van der Waals surface area contributed by atoms with Crippen LogP contribution in [0.25, 0.3) is 0 Å². The van der Waals surface area contributed by atoms with E-state index in [-0.39, 0.29) is 0 Å². The van der Waals surface area contributed by atoms with Crippen LogP contribution < -0.4 is 10.6 Å². The van der Waals surface area contributed by atoms with Gasteiger partial charge in [0.25, 0.3) is 0 Å². The molecule has 4 nitrogen and oxygen atoms in total. The fourth-order valence-corrected chi connectivity index (χ4v) is 3.80. The van der Waals surface area contributed by atoms with Gasteiger partial charge in [-0.15, -0.1) is 11.3 Å². The molecular formula is C17H20N4S2. The first-order valence-electron chi connectivity index (χ1n) is 7.43. The lowest BCUT2D eigenvalue weighted by molar-refractivity contribution is 0.643. The van der Waals surface area contributed by atoms with E-state index in [1.165, 1.54) is 0 Å². The maximum atomic E-state index is 9.03. The number of rotatable bonds is 5. The highest BCUT2D eigenvalue weighted by Crippen LogP contribution is 2.30. The second-order valence-corrected chi connectivity index (χ2v) is 7.31. The average Bonchev–Trinajstić information content (AvgIpc) is 2.84. The molecule has 0 aliphatic heterocycles. The van der Waals surface area contributed by atoms with Gasteiger partial charge < -0.3 is 10.6 Å². The number of nitrogens with two attached hydrogens (primary N) is 1. The lowest BCUT2D eigenvalue weighted by atomic mass is 10.1. The molecule has 6 heteroatoms. The van der Waals surface area contributed by atoms with Gasteiger partial charge in [-0.1, -0.05) is 26.0 Å². The zero-order valence-electron chi connectivity index (χ0n) is 13.5. The number of thiocarbonyl (C=S) groups is 1. The summed E-state index contributed by atoms with van der Waals surface area (Å²) in [6, 6.07) is 9.64. The lowest BCUT2D eigenvalue weighted by Crippen LogP contribution is -2.34. The summed E-state index contributed by atoms with van der Waals surface area (Å²) in [6.45, 7) is 6.87. The molecule has 0 aliphatic rings. The third-order valence-electron chi connectivity index (χ3n) is 3.31. The molecule has 0 saturated carbocycles. The standard InChI is InChI=1S/C17H20N4S2/c1-11(2)7-15-20-12(3)16(23-15)21(17(19)22)10-14-6-4-5-13(8-14)9-18/h4-6,8,11H,7,10H2,1-3H3,(H2,19,22). The van der Waals surface area contributed by atoms with Crippen molar-refractivity contribution in [2.24, 2.45) is 11.7 Å². The number of nitrogens with zero attached hydrogens (tertiary/aromatic N) is 3. The van der Waals surface area contributed by atoms with Crippen molar-refractivity contribution in [1.29, 1.82) is 5.26 Å². The Labute approximate surface area is 146 Å². The topological polar surface area (TPSA) is 65.9 Å². The van der Waals surface area contributed by atoms with Gasteiger partial charge in [0.2, 0.25) is 0 Å². The van der Waals surface area contributed by atoms with Crippen molar-refractivity contribution >= 4 is 33.7 Å². The monoisotopic (exact) mass is 344 g/mol. The van der Waals surface area contributed by atoms with Gasteiger partial charge in [0.05, 0.1) is 28.9 Å². The molecule has 2 N–H and O–H groups in total. The maximum Gasteiger partial charge on any atom is 0.171 e. The Morgan fingerprint density at radius 2 is 2.22 bits per heavy atom. The smallest absolute Gasteiger partial charge is 0.171 e. The number of aryl methyl sites for hydroxylation is 1. The van der Waals surface area contributed by atoms with E-state index in [1.54, 1.807) is 17.4 Å². The predicted octanol–water partition coefficient (Wildman–Crippen LogP) is 3.77. The molecule has 0 bridgehead atoms. The summed E-state index contributed by atoms with van der Waals surface area (Å²) >= 11 is 6.87. The minimum atomic E-state index is 0.315. The molecule has 0 atom stereocenters. The summed E-state index contributed by atoms with van der Waals surface area (Å²) in [5, 5.41) is 11.4. The zero-order chi connectivity index (χ0) is 17.0. The van der Waals surface area contributed by atoms with Gasteiger partial charge in [0, 0.05) is 6.42 Å². The minimum absolute atomic E-state index is 0.315. The van der Waals surface area contributed by atoms with Crippen molar-refractivity contribution in [1.82, 2.24) is 4.98 Å². The van der Waals surface area contributed by atoms with E-state index in [2.05, 4.69) is 24.9 Å². The van der Waals surface area contributed by atoms with Crippen LogP contribution >= 0.6 is 23.6 Å². The molecule has 120 valence electrons. The first kappa shape index (κ1) is 17.4. The number of nitriles is 1. The van der Waals surface area contributed by atoms with E-state index in [9.17, 15) is 0 Å². The number of hydrogen-bond donors (Lipinski definition) is 1. The molecule has 1 aromatic heterocycles. The Hall–Kier alpha value is -1.97. The fourth-order valence-electron chi connectivity index (χ4n) is 2.30.